The third-order valence-electron chi connectivity index (χ3n) is 6.26. The van der Waals surface area contributed by atoms with E-state index in [-0.39, 0.29) is 5.41 Å². The maximum absolute atomic E-state index is 12.2. The van der Waals surface area contributed by atoms with Crippen LogP contribution in [0, 0.1) is 5.41 Å². The molecule has 1 fully saturated rings. The zero-order valence-electron chi connectivity index (χ0n) is 19.2. The fourth-order valence-corrected chi connectivity index (χ4v) is 4.58. The summed E-state index contributed by atoms with van der Waals surface area (Å²) in [5, 5.41) is 0.725. The van der Waals surface area contributed by atoms with Crippen LogP contribution < -0.4 is 4.74 Å². The number of hydrogen-bond acceptors (Lipinski definition) is 3. The number of ether oxygens (including phenoxy) is 1. The summed E-state index contributed by atoms with van der Waals surface area (Å²) < 4.78 is 6.18. The molecule has 1 aliphatic heterocycles. The lowest BCUT2D eigenvalue weighted by molar-refractivity contribution is -0.127. The van der Waals surface area contributed by atoms with Crippen LogP contribution in [-0.2, 0) is 11.4 Å². The van der Waals surface area contributed by atoms with Crippen molar-refractivity contribution in [2.45, 2.75) is 53.6 Å². The van der Waals surface area contributed by atoms with Crippen LogP contribution in [0.25, 0.3) is 5.57 Å². The molecule has 2 aromatic rings. The monoisotopic (exact) mass is 439 g/mol. The predicted octanol–water partition coefficient (Wildman–Crippen LogP) is 6.79. The highest BCUT2D eigenvalue weighted by Crippen LogP contribution is 2.33. The number of halogens is 1. The Hall–Kier alpha value is -2.10. The van der Waals surface area contributed by atoms with Crippen molar-refractivity contribution in [2.75, 3.05) is 19.6 Å². The van der Waals surface area contributed by atoms with E-state index in [1.165, 1.54) is 11.1 Å². The number of ketones is 1. The molecule has 0 atom stereocenters. The first-order valence-electron chi connectivity index (χ1n) is 11.2. The first-order valence-corrected chi connectivity index (χ1v) is 11.6. The molecule has 0 bridgehead atoms. The third kappa shape index (κ3) is 6.21. The number of benzene rings is 2. The molecule has 0 amide bonds. The molecule has 0 aromatic heterocycles. The Morgan fingerprint density at radius 3 is 2.48 bits per heavy atom. The minimum Gasteiger partial charge on any atom is -0.488 e. The molecule has 2 aromatic carbocycles. The van der Waals surface area contributed by atoms with E-state index < -0.39 is 0 Å². The fraction of sp³-hybridized carbons (Fsp3) is 0.444. The van der Waals surface area contributed by atoms with Gasteiger partial charge < -0.3 is 9.64 Å². The van der Waals surface area contributed by atoms with Gasteiger partial charge in [-0.05, 0) is 49.1 Å². The number of carbonyl (C=O) groups excluding carboxylic acids is 1. The van der Waals surface area contributed by atoms with Gasteiger partial charge >= 0.3 is 0 Å². The topological polar surface area (TPSA) is 29.5 Å². The van der Waals surface area contributed by atoms with Crippen molar-refractivity contribution in [1.82, 2.24) is 4.90 Å². The molecule has 0 N–H and O–H groups in total. The lowest BCUT2D eigenvalue weighted by Crippen LogP contribution is -2.41. The van der Waals surface area contributed by atoms with E-state index in [4.69, 9.17) is 16.3 Å². The Labute approximate surface area is 192 Å². The van der Waals surface area contributed by atoms with Crippen LogP contribution in [0.2, 0.25) is 5.02 Å². The van der Waals surface area contributed by atoms with Crippen molar-refractivity contribution in [2.24, 2.45) is 5.41 Å². The van der Waals surface area contributed by atoms with Gasteiger partial charge in [0.1, 0.15) is 18.1 Å². The number of nitrogens with zero attached hydrogens (tertiary/aromatic N) is 1. The Balaban J connectivity index is 1.67. The van der Waals surface area contributed by atoms with E-state index in [1.807, 2.05) is 43.3 Å². The summed E-state index contributed by atoms with van der Waals surface area (Å²) in [6.45, 7) is 11.6. The van der Waals surface area contributed by atoms with Gasteiger partial charge in [-0.25, -0.2) is 0 Å². The minimum absolute atomic E-state index is 0.272. The van der Waals surface area contributed by atoms with Gasteiger partial charge in [-0.1, -0.05) is 68.3 Å². The van der Waals surface area contributed by atoms with Crippen molar-refractivity contribution in [3.8, 4) is 5.75 Å². The van der Waals surface area contributed by atoms with Crippen LogP contribution in [0.3, 0.4) is 0 Å². The molecule has 0 unspecified atom stereocenters. The molecule has 1 saturated heterocycles. The summed E-state index contributed by atoms with van der Waals surface area (Å²) in [7, 11) is 0. The summed E-state index contributed by atoms with van der Waals surface area (Å²) in [5.41, 5.74) is 4.74. The normalized spacial score (nSPS) is 15.1. The van der Waals surface area contributed by atoms with Crippen LogP contribution in [0.4, 0.5) is 0 Å². The van der Waals surface area contributed by atoms with Gasteiger partial charge in [0.05, 0.1) is 0 Å². The molecule has 1 heterocycles. The smallest absolute Gasteiger partial charge is 0.139 e. The van der Waals surface area contributed by atoms with Crippen LogP contribution in [0.1, 0.15) is 58.1 Å². The highest BCUT2D eigenvalue weighted by Gasteiger charge is 2.29. The van der Waals surface area contributed by atoms with Crippen LogP contribution in [0.15, 0.2) is 54.1 Å². The Morgan fingerprint density at radius 1 is 1.10 bits per heavy atom. The van der Waals surface area contributed by atoms with E-state index in [9.17, 15) is 4.79 Å². The average Bonchev–Trinajstić information content (AvgIpc) is 2.77. The van der Waals surface area contributed by atoms with Gasteiger partial charge in [-0.15, -0.1) is 0 Å². The standard InChI is InChI=1S/C27H34ClNO2/c1-5-26(30)27(3,4)19-29-15-13-22(14-16-29)20(2)24-11-6-7-12-25(24)31-18-21-9-8-10-23(28)17-21/h6-12,17H,5,13-16,18-19H2,1-4H3. The van der Waals surface area contributed by atoms with Crippen molar-refractivity contribution >= 4 is 23.0 Å². The van der Waals surface area contributed by atoms with E-state index >= 15 is 0 Å². The van der Waals surface area contributed by atoms with E-state index in [1.54, 1.807) is 0 Å². The van der Waals surface area contributed by atoms with Crippen molar-refractivity contribution < 1.29 is 9.53 Å². The number of piperidine rings is 1. The molecule has 31 heavy (non-hydrogen) atoms. The number of rotatable bonds is 8. The van der Waals surface area contributed by atoms with Crippen LogP contribution >= 0.6 is 11.6 Å². The van der Waals surface area contributed by atoms with Gasteiger partial charge in [-0.3, -0.25) is 4.79 Å². The zero-order valence-corrected chi connectivity index (χ0v) is 20.0. The number of para-hydroxylation sites is 1. The molecule has 166 valence electrons. The van der Waals surface area contributed by atoms with Crippen molar-refractivity contribution in [3.63, 3.8) is 0 Å². The summed E-state index contributed by atoms with van der Waals surface area (Å²) in [4.78, 5) is 14.7. The summed E-state index contributed by atoms with van der Waals surface area (Å²) in [5.74, 6) is 1.25. The lowest BCUT2D eigenvalue weighted by atomic mass is 9.85. The third-order valence-corrected chi connectivity index (χ3v) is 6.49. The molecule has 3 rings (SSSR count). The maximum Gasteiger partial charge on any atom is 0.139 e. The van der Waals surface area contributed by atoms with Gasteiger partial charge in [0.25, 0.3) is 0 Å². The quantitative estimate of drug-likeness (QED) is 0.453. The van der Waals surface area contributed by atoms with E-state index in [0.717, 1.165) is 54.4 Å². The minimum atomic E-state index is -0.272. The molecule has 0 saturated carbocycles. The summed E-state index contributed by atoms with van der Waals surface area (Å²) >= 11 is 6.10. The molecule has 1 aliphatic rings. The maximum atomic E-state index is 12.2. The van der Waals surface area contributed by atoms with E-state index in [2.05, 4.69) is 37.8 Å². The number of hydrogen-bond donors (Lipinski definition) is 0. The van der Waals surface area contributed by atoms with Gasteiger partial charge in [0.15, 0.2) is 0 Å². The fourth-order valence-electron chi connectivity index (χ4n) is 4.36. The molecule has 3 nitrogen and oxygen atoms in total. The zero-order chi connectivity index (χ0) is 22.4. The number of allylic oxidation sites excluding steroid dienone is 1. The Bertz CT molecular complexity index is 938. The number of Topliss-reactive ketones (excluding diaryl/α,β-unsaturated/α-hetero) is 1. The Kier molecular flexibility index (Phi) is 7.96. The van der Waals surface area contributed by atoms with Crippen molar-refractivity contribution in [1.29, 1.82) is 0 Å². The second kappa shape index (κ2) is 10.5. The highest BCUT2D eigenvalue weighted by molar-refractivity contribution is 6.30. The second-order valence-corrected chi connectivity index (χ2v) is 9.52. The molecule has 0 spiro atoms. The molecule has 4 heteroatoms. The van der Waals surface area contributed by atoms with Gasteiger partial charge in [-0.2, -0.15) is 0 Å². The summed E-state index contributed by atoms with van der Waals surface area (Å²) in [6.07, 6.45) is 2.67. The number of carbonyl (C=O) groups is 1. The van der Waals surface area contributed by atoms with Crippen molar-refractivity contribution in [3.05, 3.63) is 70.3 Å². The van der Waals surface area contributed by atoms with Gasteiger partial charge in [0, 0.05) is 42.1 Å². The average molecular weight is 440 g/mol. The molecular formula is C27H34ClNO2. The predicted molar refractivity (Wildman–Crippen MR) is 130 cm³/mol. The largest absolute Gasteiger partial charge is 0.488 e. The SMILES string of the molecule is CCC(=O)C(C)(C)CN1CCC(=C(C)c2ccccc2OCc2cccc(Cl)c2)CC1. The first kappa shape index (κ1) is 23.6. The Morgan fingerprint density at radius 2 is 1.81 bits per heavy atom. The molecule has 0 aliphatic carbocycles. The first-order chi connectivity index (χ1) is 14.8. The van der Waals surface area contributed by atoms with Crippen LogP contribution in [0.5, 0.6) is 5.75 Å². The summed E-state index contributed by atoms with van der Waals surface area (Å²) in [6, 6.07) is 16.1. The van der Waals surface area contributed by atoms with E-state index in [0.29, 0.717) is 18.8 Å². The second-order valence-electron chi connectivity index (χ2n) is 9.08. The lowest BCUT2D eigenvalue weighted by Gasteiger charge is -2.35. The molecule has 0 radical (unpaired) electrons. The van der Waals surface area contributed by atoms with Gasteiger partial charge in [0.2, 0.25) is 0 Å². The molecular weight excluding hydrogens is 406 g/mol. The van der Waals surface area contributed by atoms with Crippen LogP contribution in [-0.4, -0.2) is 30.3 Å². The number of likely N-dealkylation sites (tertiary alicyclic amines) is 1. The highest BCUT2D eigenvalue weighted by atomic mass is 35.5.